The average molecular weight is 357 g/mol. The molecule has 17 heavy (non-hydrogen) atoms. The minimum atomic E-state index is -1.60. The molecule has 0 aromatic rings. The topological polar surface area (TPSA) is 80.9 Å². The van der Waals surface area contributed by atoms with Gasteiger partial charge >= 0.3 is 114 Å². The van der Waals surface area contributed by atoms with Gasteiger partial charge in [0.2, 0.25) is 0 Å². The summed E-state index contributed by atoms with van der Waals surface area (Å²) in [6.45, 7) is 6.51. The Bertz CT molecular complexity index is 206. The Morgan fingerprint density at radius 3 is 0.941 bits per heavy atom. The summed E-state index contributed by atoms with van der Waals surface area (Å²) >= 11 is -1.60. The van der Waals surface area contributed by atoms with Gasteiger partial charge in [-0.15, -0.1) is 0 Å². The molecule has 0 aliphatic rings. The Morgan fingerprint density at radius 2 is 0.824 bits per heavy atom. The first kappa shape index (κ1) is 17.6. The molecule has 0 aliphatic carbocycles. The number of aliphatic hydroxyl groups is 4. The zero-order valence-electron chi connectivity index (χ0n) is 11.5. The molecule has 0 bridgehead atoms. The number of hydrogen-bond acceptors (Lipinski definition) is 4. The van der Waals surface area contributed by atoms with E-state index in [0.29, 0.717) is 0 Å². The van der Waals surface area contributed by atoms with Crippen LogP contribution >= 0.6 is 0 Å². The molecular weight excluding hydrogens is 331 g/mol. The molecule has 4 N–H and O–H groups in total. The van der Waals surface area contributed by atoms with E-state index >= 15 is 0 Å². The number of aliphatic hydroxyl groups excluding tert-OH is 4. The third-order valence-electron chi connectivity index (χ3n) is 3.54. The van der Waals surface area contributed by atoms with Crippen LogP contribution in [0.5, 0.6) is 0 Å². The third kappa shape index (κ3) is 3.76. The second-order valence-corrected chi connectivity index (χ2v) is 11.0. The van der Waals surface area contributed by atoms with Crippen molar-refractivity contribution in [1.29, 1.82) is 0 Å². The first-order chi connectivity index (χ1) is 7.48. The molecule has 0 rings (SSSR count). The van der Waals surface area contributed by atoms with Gasteiger partial charge in [0.15, 0.2) is 0 Å². The van der Waals surface area contributed by atoms with E-state index in [2.05, 4.69) is 0 Å². The number of hydrogen-bond donors (Lipinski definition) is 4. The summed E-state index contributed by atoms with van der Waals surface area (Å²) in [7, 11) is 3.53. The van der Waals surface area contributed by atoms with Gasteiger partial charge in [-0.3, -0.25) is 0 Å². The molecule has 0 aromatic heterocycles. The summed E-state index contributed by atoms with van der Waals surface area (Å²) in [5.41, 5.74) is 0. The maximum absolute atomic E-state index is 9.85. The van der Waals surface area contributed by atoms with Gasteiger partial charge in [-0.2, -0.15) is 0 Å². The SMILES string of the molecule is CC(O)[N+](C)([Sn][N+](C)(C(C)O)C(C)O)C(C)O. The Kier molecular flexibility index (Phi) is 6.34. The number of quaternary nitrogens is 2. The van der Waals surface area contributed by atoms with Crippen molar-refractivity contribution < 1.29 is 25.8 Å². The fraction of sp³-hybridized carbons (Fsp3) is 1.00. The quantitative estimate of drug-likeness (QED) is 0.355. The normalized spacial score (nSPS) is 26.5. The number of rotatable bonds is 6. The van der Waals surface area contributed by atoms with E-state index in [1.807, 2.05) is 0 Å². The van der Waals surface area contributed by atoms with Gasteiger partial charge in [-0.1, -0.05) is 0 Å². The van der Waals surface area contributed by atoms with Crippen molar-refractivity contribution in [1.82, 2.24) is 0 Å². The van der Waals surface area contributed by atoms with Gasteiger partial charge in [-0.25, -0.2) is 0 Å². The second-order valence-electron chi connectivity index (χ2n) is 4.92. The van der Waals surface area contributed by atoms with E-state index in [-0.39, 0.29) is 5.41 Å². The molecule has 0 aliphatic heterocycles. The van der Waals surface area contributed by atoms with E-state index < -0.39 is 46.6 Å². The van der Waals surface area contributed by atoms with E-state index in [1.54, 1.807) is 41.8 Å². The van der Waals surface area contributed by atoms with Gasteiger partial charge in [0.1, 0.15) is 0 Å². The fourth-order valence-electron chi connectivity index (χ4n) is 1.42. The molecule has 7 heteroatoms. The molecule has 0 heterocycles. The molecule has 0 saturated carbocycles. The summed E-state index contributed by atoms with van der Waals surface area (Å²) < 4.78 is 0.214. The van der Waals surface area contributed by atoms with Crippen molar-refractivity contribution in [3.05, 3.63) is 0 Å². The molecule has 2 radical (unpaired) electrons. The third-order valence-corrected chi connectivity index (χ3v) is 10.3. The molecule has 0 spiro atoms. The molecule has 4 atom stereocenters. The van der Waals surface area contributed by atoms with Crippen LogP contribution in [0.25, 0.3) is 0 Å². The maximum atomic E-state index is 9.85. The average Bonchev–Trinajstić information content (AvgIpc) is 2.15. The summed E-state index contributed by atoms with van der Waals surface area (Å²) in [4.78, 5) is 0. The standard InChI is InChI=1S/2C5H13NO2.Sn/c2*1-4(7)6(3)5(2)8;/h2*4-5,7-8H,1-3H3;/q;;+2. The first-order valence-electron chi connectivity index (χ1n) is 5.72. The van der Waals surface area contributed by atoms with Crippen LogP contribution in [0.1, 0.15) is 27.7 Å². The predicted molar refractivity (Wildman–Crippen MR) is 64.8 cm³/mol. The Balaban J connectivity index is 5.22. The first-order valence-corrected chi connectivity index (χ1v) is 8.27. The Labute approximate surface area is 114 Å². The molecule has 0 amide bonds. The molecule has 4 unspecified atom stereocenters. The van der Waals surface area contributed by atoms with Crippen LogP contribution in [-0.4, -0.2) is 86.5 Å². The van der Waals surface area contributed by atoms with Crippen molar-refractivity contribution in [2.45, 2.75) is 52.6 Å². The monoisotopic (exact) mass is 358 g/mol. The second kappa shape index (κ2) is 6.14. The van der Waals surface area contributed by atoms with E-state index in [0.717, 1.165) is 0 Å². The van der Waals surface area contributed by atoms with Crippen LogP contribution in [-0.2, 0) is 0 Å². The van der Waals surface area contributed by atoms with Gasteiger partial charge < -0.3 is 0 Å². The Hall–Kier alpha value is 0.559. The van der Waals surface area contributed by atoms with Crippen molar-refractivity contribution in [3.8, 4) is 0 Å². The number of nitrogens with zero attached hydrogens (tertiary/aromatic N) is 2. The zero-order valence-corrected chi connectivity index (χ0v) is 14.3. The fourth-order valence-corrected chi connectivity index (χ4v) is 5.98. The van der Waals surface area contributed by atoms with E-state index in [4.69, 9.17) is 0 Å². The van der Waals surface area contributed by atoms with Gasteiger partial charge in [0.25, 0.3) is 0 Å². The van der Waals surface area contributed by atoms with Crippen molar-refractivity contribution in [3.63, 3.8) is 0 Å². The zero-order chi connectivity index (χ0) is 14.0. The summed E-state index contributed by atoms with van der Waals surface area (Å²) in [5.74, 6) is 0. The summed E-state index contributed by atoms with van der Waals surface area (Å²) in [5, 5.41) is 39.4. The van der Waals surface area contributed by atoms with Crippen LogP contribution in [0, 0.1) is 0 Å². The van der Waals surface area contributed by atoms with Gasteiger partial charge in [0, 0.05) is 0 Å². The molecule has 6 nitrogen and oxygen atoms in total. The van der Waals surface area contributed by atoms with E-state index in [1.165, 1.54) is 0 Å². The summed E-state index contributed by atoms with van der Waals surface area (Å²) in [6.07, 6.45) is -2.90. The summed E-state index contributed by atoms with van der Waals surface area (Å²) in [6, 6.07) is 0. The molecule has 0 aromatic carbocycles. The Morgan fingerprint density at radius 1 is 0.647 bits per heavy atom. The molecule has 0 saturated heterocycles. The van der Waals surface area contributed by atoms with Crippen LogP contribution in [0.3, 0.4) is 0 Å². The van der Waals surface area contributed by atoms with Crippen molar-refractivity contribution >= 4 is 21.7 Å². The van der Waals surface area contributed by atoms with Gasteiger partial charge in [0.05, 0.1) is 0 Å². The molecule has 102 valence electrons. The van der Waals surface area contributed by atoms with Gasteiger partial charge in [-0.05, 0) is 0 Å². The van der Waals surface area contributed by atoms with Crippen LogP contribution in [0.15, 0.2) is 0 Å². The molecular formula is C10H26N2O4Sn+2. The van der Waals surface area contributed by atoms with Crippen molar-refractivity contribution in [2.24, 2.45) is 0 Å². The minimum absolute atomic E-state index is 0.107. The van der Waals surface area contributed by atoms with Crippen molar-refractivity contribution in [2.75, 3.05) is 14.1 Å². The van der Waals surface area contributed by atoms with E-state index in [9.17, 15) is 20.4 Å². The predicted octanol–water partition coefficient (Wildman–Crippen LogP) is -1.23. The van der Waals surface area contributed by atoms with Crippen LogP contribution in [0.4, 0.5) is 0 Å². The molecule has 0 fully saturated rings. The van der Waals surface area contributed by atoms with Crippen LogP contribution in [0.2, 0.25) is 0 Å². The van der Waals surface area contributed by atoms with Crippen LogP contribution < -0.4 is 0 Å².